The van der Waals surface area contributed by atoms with Crippen molar-refractivity contribution in [1.82, 2.24) is 5.43 Å². The van der Waals surface area contributed by atoms with Crippen LogP contribution in [0, 0.1) is 0 Å². The van der Waals surface area contributed by atoms with E-state index in [4.69, 9.17) is 0 Å². The molecule has 0 heterocycles. The SMILES string of the molecule is CCCCCCCCCCCCCC(=O)N/N=C/c1ccc(O)cc1. The molecule has 2 N–H and O–H groups in total. The topological polar surface area (TPSA) is 61.7 Å². The predicted molar refractivity (Wildman–Crippen MR) is 105 cm³/mol. The molecule has 4 heteroatoms. The molecule has 0 fully saturated rings. The van der Waals surface area contributed by atoms with E-state index in [1.807, 2.05) is 0 Å². The van der Waals surface area contributed by atoms with Gasteiger partial charge in [-0.15, -0.1) is 0 Å². The van der Waals surface area contributed by atoms with Crippen LogP contribution in [0.25, 0.3) is 0 Å². The zero-order valence-corrected chi connectivity index (χ0v) is 15.7. The summed E-state index contributed by atoms with van der Waals surface area (Å²) in [7, 11) is 0. The Morgan fingerprint density at radius 1 is 0.920 bits per heavy atom. The number of hydrazone groups is 1. The average molecular weight is 347 g/mol. The monoisotopic (exact) mass is 346 g/mol. The Morgan fingerprint density at radius 3 is 2.00 bits per heavy atom. The van der Waals surface area contributed by atoms with E-state index in [1.165, 1.54) is 57.8 Å². The van der Waals surface area contributed by atoms with Gasteiger partial charge in [0.15, 0.2) is 0 Å². The summed E-state index contributed by atoms with van der Waals surface area (Å²) in [6.45, 7) is 2.25. The number of nitrogens with zero attached hydrogens (tertiary/aromatic N) is 1. The van der Waals surface area contributed by atoms with Crippen molar-refractivity contribution in [3.05, 3.63) is 29.8 Å². The third-order valence-electron chi connectivity index (χ3n) is 4.30. The molecule has 0 saturated heterocycles. The van der Waals surface area contributed by atoms with Crippen molar-refractivity contribution in [1.29, 1.82) is 0 Å². The summed E-state index contributed by atoms with van der Waals surface area (Å²) in [5.41, 5.74) is 3.39. The van der Waals surface area contributed by atoms with Gasteiger partial charge in [-0.2, -0.15) is 5.10 Å². The molecular weight excluding hydrogens is 312 g/mol. The lowest BCUT2D eigenvalue weighted by atomic mass is 10.1. The first-order valence-corrected chi connectivity index (χ1v) is 9.83. The van der Waals surface area contributed by atoms with E-state index in [0.717, 1.165) is 18.4 Å². The fraction of sp³-hybridized carbons (Fsp3) is 0.619. The van der Waals surface area contributed by atoms with Crippen molar-refractivity contribution in [2.75, 3.05) is 0 Å². The molecule has 0 atom stereocenters. The largest absolute Gasteiger partial charge is 0.508 e. The second-order valence-corrected chi connectivity index (χ2v) is 6.67. The highest BCUT2D eigenvalue weighted by Gasteiger charge is 1.99. The Kier molecular flexibility index (Phi) is 12.3. The number of amides is 1. The summed E-state index contributed by atoms with van der Waals surface area (Å²) in [6, 6.07) is 6.67. The van der Waals surface area contributed by atoms with Gasteiger partial charge in [0.05, 0.1) is 6.21 Å². The number of carbonyl (C=O) groups is 1. The van der Waals surface area contributed by atoms with Gasteiger partial charge in [0.1, 0.15) is 5.75 Å². The number of aromatic hydroxyl groups is 1. The van der Waals surface area contributed by atoms with E-state index in [2.05, 4.69) is 17.5 Å². The lowest BCUT2D eigenvalue weighted by Crippen LogP contribution is -2.16. The van der Waals surface area contributed by atoms with Crippen molar-refractivity contribution in [2.24, 2.45) is 5.10 Å². The lowest BCUT2D eigenvalue weighted by Gasteiger charge is -2.02. The standard InChI is InChI=1S/C21H34N2O2/c1-2-3-4-5-6-7-8-9-10-11-12-13-21(25)23-22-18-19-14-16-20(24)17-15-19/h14-18,24H,2-13H2,1H3,(H,23,25)/b22-18+. The minimum absolute atomic E-state index is 0.0362. The summed E-state index contributed by atoms with van der Waals surface area (Å²) in [6.07, 6.45) is 16.2. The molecule has 1 aromatic carbocycles. The summed E-state index contributed by atoms with van der Waals surface area (Å²) in [5.74, 6) is 0.184. The van der Waals surface area contributed by atoms with Crippen LogP contribution in [0.5, 0.6) is 5.75 Å². The minimum atomic E-state index is -0.0362. The van der Waals surface area contributed by atoms with E-state index in [1.54, 1.807) is 30.5 Å². The number of phenolic OH excluding ortho intramolecular Hbond substituents is 1. The highest BCUT2D eigenvalue weighted by Crippen LogP contribution is 2.12. The second kappa shape index (κ2) is 14.5. The highest BCUT2D eigenvalue weighted by molar-refractivity contribution is 5.82. The van der Waals surface area contributed by atoms with Crippen LogP contribution in [-0.4, -0.2) is 17.2 Å². The van der Waals surface area contributed by atoms with E-state index in [9.17, 15) is 9.90 Å². The first-order valence-electron chi connectivity index (χ1n) is 9.83. The Balaban J connectivity index is 1.92. The molecule has 0 radical (unpaired) electrons. The molecule has 1 aromatic rings. The van der Waals surface area contributed by atoms with Crippen LogP contribution in [0.1, 0.15) is 89.5 Å². The van der Waals surface area contributed by atoms with Crippen LogP contribution in [-0.2, 0) is 4.79 Å². The van der Waals surface area contributed by atoms with E-state index in [0.29, 0.717) is 6.42 Å². The molecular formula is C21H34N2O2. The van der Waals surface area contributed by atoms with Gasteiger partial charge in [0.25, 0.3) is 0 Å². The first kappa shape index (κ1) is 21.2. The van der Waals surface area contributed by atoms with Crippen LogP contribution in [0.4, 0.5) is 0 Å². The zero-order chi connectivity index (χ0) is 18.2. The Hall–Kier alpha value is -1.84. The van der Waals surface area contributed by atoms with Crippen LogP contribution in [0.2, 0.25) is 0 Å². The van der Waals surface area contributed by atoms with Gasteiger partial charge in [-0.3, -0.25) is 4.79 Å². The third-order valence-corrected chi connectivity index (χ3v) is 4.30. The number of hydrogen-bond donors (Lipinski definition) is 2. The molecule has 4 nitrogen and oxygen atoms in total. The molecule has 0 spiro atoms. The maximum Gasteiger partial charge on any atom is 0.240 e. The Labute approximate surface area is 152 Å². The average Bonchev–Trinajstić information content (AvgIpc) is 2.61. The fourth-order valence-corrected chi connectivity index (χ4v) is 2.74. The normalized spacial score (nSPS) is 11.1. The summed E-state index contributed by atoms with van der Waals surface area (Å²) >= 11 is 0. The molecule has 0 saturated carbocycles. The van der Waals surface area contributed by atoms with Crippen molar-refractivity contribution in [3.63, 3.8) is 0 Å². The van der Waals surface area contributed by atoms with Gasteiger partial charge in [0, 0.05) is 6.42 Å². The summed E-state index contributed by atoms with van der Waals surface area (Å²) in [4.78, 5) is 11.7. The van der Waals surface area contributed by atoms with E-state index < -0.39 is 0 Å². The number of hydrogen-bond acceptors (Lipinski definition) is 3. The molecule has 0 unspecified atom stereocenters. The number of carbonyl (C=O) groups excluding carboxylic acids is 1. The van der Waals surface area contributed by atoms with Crippen LogP contribution >= 0.6 is 0 Å². The Morgan fingerprint density at radius 2 is 1.44 bits per heavy atom. The molecule has 0 aliphatic carbocycles. The van der Waals surface area contributed by atoms with Crippen LogP contribution < -0.4 is 5.43 Å². The minimum Gasteiger partial charge on any atom is -0.508 e. The van der Waals surface area contributed by atoms with Gasteiger partial charge >= 0.3 is 0 Å². The maximum absolute atomic E-state index is 11.7. The summed E-state index contributed by atoms with van der Waals surface area (Å²) in [5, 5.41) is 13.1. The molecule has 0 aliphatic rings. The van der Waals surface area contributed by atoms with E-state index >= 15 is 0 Å². The fourth-order valence-electron chi connectivity index (χ4n) is 2.74. The number of phenols is 1. The number of rotatable bonds is 14. The quantitative estimate of drug-likeness (QED) is 0.264. The van der Waals surface area contributed by atoms with Gasteiger partial charge in [-0.25, -0.2) is 5.43 Å². The number of nitrogens with one attached hydrogen (secondary N) is 1. The van der Waals surface area contributed by atoms with Crippen molar-refractivity contribution in [3.8, 4) is 5.75 Å². The molecule has 0 bridgehead atoms. The third kappa shape index (κ3) is 12.2. The van der Waals surface area contributed by atoms with Crippen LogP contribution in [0.15, 0.2) is 29.4 Å². The van der Waals surface area contributed by atoms with Crippen LogP contribution in [0.3, 0.4) is 0 Å². The maximum atomic E-state index is 11.7. The molecule has 1 rings (SSSR count). The molecule has 0 aliphatic heterocycles. The smallest absolute Gasteiger partial charge is 0.240 e. The Bertz CT molecular complexity index is 483. The first-order chi connectivity index (χ1) is 12.2. The second-order valence-electron chi connectivity index (χ2n) is 6.67. The van der Waals surface area contributed by atoms with Crippen molar-refractivity contribution >= 4 is 12.1 Å². The molecule has 1 amide bonds. The van der Waals surface area contributed by atoms with Gasteiger partial charge in [0.2, 0.25) is 5.91 Å². The summed E-state index contributed by atoms with van der Waals surface area (Å²) < 4.78 is 0. The van der Waals surface area contributed by atoms with Crippen molar-refractivity contribution < 1.29 is 9.90 Å². The molecule has 25 heavy (non-hydrogen) atoms. The van der Waals surface area contributed by atoms with Crippen molar-refractivity contribution in [2.45, 2.75) is 84.0 Å². The van der Waals surface area contributed by atoms with Gasteiger partial charge < -0.3 is 5.11 Å². The molecule has 140 valence electrons. The van der Waals surface area contributed by atoms with Gasteiger partial charge in [-0.1, -0.05) is 71.1 Å². The number of benzene rings is 1. The predicted octanol–water partition coefficient (Wildman–Crippen LogP) is 5.54. The van der Waals surface area contributed by atoms with E-state index in [-0.39, 0.29) is 11.7 Å². The lowest BCUT2D eigenvalue weighted by molar-refractivity contribution is -0.121. The number of unbranched alkanes of at least 4 members (excludes halogenated alkanes) is 10. The zero-order valence-electron chi connectivity index (χ0n) is 15.7. The molecule has 0 aromatic heterocycles. The highest BCUT2D eigenvalue weighted by atomic mass is 16.3. The van der Waals surface area contributed by atoms with Gasteiger partial charge in [-0.05, 0) is 36.2 Å².